The monoisotopic (exact) mass is 298 g/mol. The lowest BCUT2D eigenvalue weighted by Crippen LogP contribution is -2.55. The van der Waals surface area contributed by atoms with Gasteiger partial charge >= 0.3 is 0 Å². The number of carbonyl (C=O) groups is 1. The first kappa shape index (κ1) is 15.1. The number of benzene rings is 1. The van der Waals surface area contributed by atoms with E-state index in [0.717, 1.165) is 18.5 Å². The highest BCUT2D eigenvalue weighted by atomic mass is 35.5. The van der Waals surface area contributed by atoms with Crippen molar-refractivity contribution in [1.29, 1.82) is 0 Å². The molecule has 1 atom stereocenters. The molecule has 110 valence electrons. The second-order valence-corrected chi connectivity index (χ2v) is 5.60. The molecule has 3 N–H and O–H groups in total. The van der Waals surface area contributed by atoms with Gasteiger partial charge in [-0.1, -0.05) is 17.7 Å². The molecule has 5 nitrogen and oxygen atoms in total. The minimum absolute atomic E-state index is 0.244. The van der Waals surface area contributed by atoms with Gasteiger partial charge in [-0.25, -0.2) is 0 Å². The molecule has 1 amide bonds. The SMILES string of the molecule is COc1cc(Cl)ccc1CN1CCCC(O)(C(N)=O)C1. The molecule has 2 rings (SSSR count). The topological polar surface area (TPSA) is 75.8 Å². The van der Waals surface area contributed by atoms with E-state index in [1.54, 1.807) is 19.2 Å². The van der Waals surface area contributed by atoms with E-state index in [9.17, 15) is 9.90 Å². The minimum atomic E-state index is -1.43. The molecule has 1 heterocycles. The van der Waals surface area contributed by atoms with E-state index in [0.29, 0.717) is 23.7 Å². The number of nitrogens with zero attached hydrogens (tertiary/aromatic N) is 1. The van der Waals surface area contributed by atoms with Gasteiger partial charge in [0.15, 0.2) is 5.60 Å². The van der Waals surface area contributed by atoms with Crippen LogP contribution in [0.1, 0.15) is 18.4 Å². The molecule has 1 aliphatic rings. The number of halogens is 1. The molecule has 0 spiro atoms. The number of nitrogens with two attached hydrogens (primary N) is 1. The number of rotatable bonds is 4. The van der Waals surface area contributed by atoms with Crippen molar-refractivity contribution in [2.75, 3.05) is 20.2 Å². The van der Waals surface area contributed by atoms with Gasteiger partial charge in [-0.05, 0) is 31.5 Å². The Labute approximate surface area is 123 Å². The van der Waals surface area contributed by atoms with Crippen molar-refractivity contribution in [2.24, 2.45) is 5.73 Å². The van der Waals surface area contributed by atoms with Gasteiger partial charge in [-0.15, -0.1) is 0 Å². The van der Waals surface area contributed by atoms with Gasteiger partial charge in [0.1, 0.15) is 5.75 Å². The molecule has 0 bridgehead atoms. The number of likely N-dealkylation sites (tertiary alicyclic amines) is 1. The summed E-state index contributed by atoms with van der Waals surface area (Å²) < 4.78 is 5.30. The summed E-state index contributed by atoms with van der Waals surface area (Å²) in [4.78, 5) is 13.3. The summed E-state index contributed by atoms with van der Waals surface area (Å²) in [5.41, 5.74) is 4.81. The van der Waals surface area contributed by atoms with Crippen LogP contribution >= 0.6 is 11.6 Å². The van der Waals surface area contributed by atoms with E-state index < -0.39 is 11.5 Å². The fourth-order valence-corrected chi connectivity index (χ4v) is 2.71. The molecule has 20 heavy (non-hydrogen) atoms. The van der Waals surface area contributed by atoms with Crippen LogP contribution in [0.2, 0.25) is 5.02 Å². The predicted molar refractivity (Wildman–Crippen MR) is 76.7 cm³/mol. The Balaban J connectivity index is 2.12. The summed E-state index contributed by atoms with van der Waals surface area (Å²) >= 11 is 5.93. The summed E-state index contributed by atoms with van der Waals surface area (Å²) in [7, 11) is 1.59. The maximum atomic E-state index is 11.3. The van der Waals surface area contributed by atoms with Crippen LogP contribution in [0.15, 0.2) is 18.2 Å². The van der Waals surface area contributed by atoms with Crippen molar-refractivity contribution in [3.8, 4) is 5.75 Å². The fourth-order valence-electron chi connectivity index (χ4n) is 2.55. The van der Waals surface area contributed by atoms with Gasteiger partial charge in [0.25, 0.3) is 5.91 Å². The standard InChI is InChI=1S/C14H19ClN2O3/c1-20-12-7-11(15)4-3-10(12)8-17-6-2-5-14(19,9-17)13(16)18/h3-4,7,19H,2,5-6,8-9H2,1H3,(H2,16,18). The minimum Gasteiger partial charge on any atom is -0.496 e. The summed E-state index contributed by atoms with van der Waals surface area (Å²) in [6.45, 7) is 1.63. The van der Waals surface area contributed by atoms with Gasteiger partial charge in [-0.2, -0.15) is 0 Å². The molecule has 1 aliphatic heterocycles. The zero-order chi connectivity index (χ0) is 14.8. The second-order valence-electron chi connectivity index (χ2n) is 5.17. The van der Waals surface area contributed by atoms with E-state index in [1.165, 1.54) is 0 Å². The number of methoxy groups -OCH3 is 1. The molecule has 0 saturated carbocycles. The third-order valence-electron chi connectivity index (χ3n) is 3.65. The van der Waals surface area contributed by atoms with E-state index in [4.69, 9.17) is 22.1 Å². The molecule has 1 aromatic carbocycles. The van der Waals surface area contributed by atoms with Crippen LogP contribution in [0, 0.1) is 0 Å². The van der Waals surface area contributed by atoms with Crippen molar-refractivity contribution in [1.82, 2.24) is 4.90 Å². The zero-order valence-corrected chi connectivity index (χ0v) is 12.2. The molecular weight excluding hydrogens is 280 g/mol. The summed E-state index contributed by atoms with van der Waals surface area (Å²) in [6.07, 6.45) is 1.14. The first-order valence-corrected chi connectivity index (χ1v) is 6.89. The number of hydrogen-bond acceptors (Lipinski definition) is 4. The summed E-state index contributed by atoms with van der Waals surface area (Å²) in [5, 5.41) is 10.8. The smallest absolute Gasteiger partial charge is 0.250 e. The van der Waals surface area contributed by atoms with Gasteiger partial charge in [0.05, 0.1) is 7.11 Å². The van der Waals surface area contributed by atoms with Crippen LogP contribution in [-0.4, -0.2) is 41.7 Å². The Kier molecular flexibility index (Phi) is 4.52. The maximum Gasteiger partial charge on any atom is 0.250 e. The number of hydrogen-bond donors (Lipinski definition) is 2. The number of amides is 1. The van der Waals surface area contributed by atoms with Crippen LogP contribution in [0.3, 0.4) is 0 Å². The normalized spacial score (nSPS) is 23.6. The first-order chi connectivity index (χ1) is 9.44. The highest BCUT2D eigenvalue weighted by Crippen LogP contribution is 2.27. The van der Waals surface area contributed by atoms with Crippen molar-refractivity contribution >= 4 is 17.5 Å². The summed E-state index contributed by atoms with van der Waals surface area (Å²) in [6, 6.07) is 5.43. The Morgan fingerprint density at radius 3 is 3.00 bits per heavy atom. The van der Waals surface area contributed by atoms with Crippen LogP contribution < -0.4 is 10.5 Å². The van der Waals surface area contributed by atoms with E-state index in [1.807, 2.05) is 11.0 Å². The largest absolute Gasteiger partial charge is 0.496 e. The lowest BCUT2D eigenvalue weighted by Gasteiger charge is -2.37. The lowest BCUT2D eigenvalue weighted by atomic mass is 9.92. The van der Waals surface area contributed by atoms with Crippen molar-refractivity contribution < 1.29 is 14.6 Å². The third kappa shape index (κ3) is 3.23. The highest BCUT2D eigenvalue weighted by Gasteiger charge is 2.38. The Hall–Kier alpha value is -1.30. The molecule has 1 saturated heterocycles. The molecule has 1 aromatic rings. The van der Waals surface area contributed by atoms with Gasteiger partial charge < -0.3 is 15.6 Å². The maximum absolute atomic E-state index is 11.3. The molecule has 1 unspecified atom stereocenters. The van der Waals surface area contributed by atoms with Crippen LogP contribution in [0.25, 0.3) is 0 Å². The Morgan fingerprint density at radius 2 is 2.35 bits per heavy atom. The van der Waals surface area contributed by atoms with Gasteiger partial charge in [-0.3, -0.25) is 9.69 Å². The average molecular weight is 299 g/mol. The molecular formula is C14H19ClN2O3. The second kappa shape index (κ2) is 5.99. The van der Waals surface area contributed by atoms with E-state index >= 15 is 0 Å². The molecule has 0 aliphatic carbocycles. The lowest BCUT2D eigenvalue weighted by molar-refractivity contribution is -0.142. The number of aliphatic hydroxyl groups is 1. The van der Waals surface area contributed by atoms with Crippen molar-refractivity contribution in [3.05, 3.63) is 28.8 Å². The molecule has 1 fully saturated rings. The summed E-state index contributed by atoms with van der Waals surface area (Å²) in [5.74, 6) is 0.0379. The Bertz CT molecular complexity index is 509. The van der Waals surface area contributed by atoms with Crippen LogP contribution in [0.4, 0.5) is 0 Å². The molecule has 0 aromatic heterocycles. The fraction of sp³-hybridized carbons (Fsp3) is 0.500. The average Bonchev–Trinajstić information content (AvgIpc) is 2.41. The zero-order valence-electron chi connectivity index (χ0n) is 11.4. The number of piperidine rings is 1. The van der Waals surface area contributed by atoms with E-state index in [-0.39, 0.29) is 6.54 Å². The first-order valence-electron chi connectivity index (χ1n) is 6.52. The number of β-amino-alcohol motifs (C(OH)–C–C–N with tert-alkyl or cyclic N) is 1. The number of primary amides is 1. The van der Waals surface area contributed by atoms with Crippen LogP contribution in [0.5, 0.6) is 5.75 Å². The van der Waals surface area contributed by atoms with Gasteiger partial charge in [0.2, 0.25) is 0 Å². The van der Waals surface area contributed by atoms with E-state index in [2.05, 4.69) is 0 Å². The Morgan fingerprint density at radius 1 is 1.60 bits per heavy atom. The number of carbonyl (C=O) groups excluding carboxylic acids is 1. The molecule has 0 radical (unpaired) electrons. The third-order valence-corrected chi connectivity index (χ3v) is 3.89. The quantitative estimate of drug-likeness (QED) is 0.875. The number of ether oxygens (including phenoxy) is 1. The molecule has 6 heteroatoms. The van der Waals surface area contributed by atoms with Crippen molar-refractivity contribution in [2.45, 2.75) is 25.0 Å². The highest BCUT2D eigenvalue weighted by molar-refractivity contribution is 6.30. The van der Waals surface area contributed by atoms with Crippen molar-refractivity contribution in [3.63, 3.8) is 0 Å². The predicted octanol–water partition coefficient (Wildman–Crippen LogP) is 1.16. The van der Waals surface area contributed by atoms with Gasteiger partial charge in [0, 0.05) is 23.7 Å². The van der Waals surface area contributed by atoms with Crippen LogP contribution in [-0.2, 0) is 11.3 Å².